The van der Waals surface area contributed by atoms with Crippen molar-refractivity contribution in [2.75, 3.05) is 13.1 Å². The van der Waals surface area contributed by atoms with Crippen molar-refractivity contribution >= 4 is 35.6 Å². The molecule has 0 aliphatic rings. The molecule has 0 aromatic heterocycles. The third kappa shape index (κ3) is 12.3. The summed E-state index contributed by atoms with van der Waals surface area (Å²) in [6.07, 6.45) is 2.52. The van der Waals surface area contributed by atoms with Gasteiger partial charge in [-0.15, -0.1) is 0 Å². The van der Waals surface area contributed by atoms with Crippen LogP contribution in [0.4, 0.5) is 0 Å². The number of rotatable bonds is 19. The second-order valence-electron chi connectivity index (χ2n) is 11.5. The zero-order chi connectivity index (χ0) is 34.2. The first-order valence-corrected chi connectivity index (χ1v) is 15.6. The van der Waals surface area contributed by atoms with E-state index in [9.17, 15) is 28.8 Å². The van der Waals surface area contributed by atoms with Gasteiger partial charge >= 0.3 is 11.9 Å². The summed E-state index contributed by atoms with van der Waals surface area (Å²) >= 11 is 0. The fraction of sp³-hybridized carbons (Fsp3) is 0.471. The monoisotopic (exact) mass is 638 g/mol. The van der Waals surface area contributed by atoms with Crippen molar-refractivity contribution in [1.82, 2.24) is 21.3 Å². The summed E-state index contributed by atoms with van der Waals surface area (Å²) in [5.74, 6) is -3.62. The number of nitrogens with one attached hydrogen (secondary N) is 4. The van der Waals surface area contributed by atoms with Crippen LogP contribution in [0.25, 0.3) is 0 Å². The standard InChI is InChI=1S/C34H46N4O8/c1-5-21(3)29(37-27(39)19-23-9-13-25(14-10-23)33(43)44)31(41)35-17-7-8-18-36-32(42)30(22(4)6-2)38-28(40)20-24-11-15-26(16-12-24)34(45)46/h9-16,21-22,29-30H,5-8,17-20H2,1-4H3,(H,35,41)(H,36,42)(H,37,39)(H,38,40)(H,43,44)(H,45,46)/t21?,22?,29-,30-/m0/s1. The normalized spacial score (nSPS) is 13.4. The maximum Gasteiger partial charge on any atom is 0.335 e. The van der Waals surface area contributed by atoms with Gasteiger partial charge < -0.3 is 31.5 Å². The van der Waals surface area contributed by atoms with Crippen molar-refractivity contribution in [3.05, 3.63) is 70.8 Å². The highest BCUT2D eigenvalue weighted by Crippen LogP contribution is 2.12. The molecule has 6 N–H and O–H groups in total. The Bertz CT molecular complexity index is 1240. The predicted molar refractivity (Wildman–Crippen MR) is 172 cm³/mol. The highest BCUT2D eigenvalue weighted by molar-refractivity contribution is 5.90. The molecule has 12 heteroatoms. The molecule has 12 nitrogen and oxygen atoms in total. The van der Waals surface area contributed by atoms with E-state index in [1.165, 1.54) is 24.3 Å². The van der Waals surface area contributed by atoms with Gasteiger partial charge in [-0.2, -0.15) is 0 Å². The molecule has 250 valence electrons. The fourth-order valence-electron chi connectivity index (χ4n) is 4.65. The Morgan fingerprint density at radius 1 is 0.587 bits per heavy atom. The molecule has 0 saturated heterocycles. The highest BCUT2D eigenvalue weighted by atomic mass is 16.4. The van der Waals surface area contributed by atoms with Gasteiger partial charge in [-0.1, -0.05) is 64.8 Å². The Hall–Kier alpha value is -4.74. The molecule has 0 bridgehead atoms. The number of carboxylic acids is 2. The number of carbonyl (C=O) groups excluding carboxylic acids is 4. The molecule has 0 aliphatic heterocycles. The van der Waals surface area contributed by atoms with E-state index in [4.69, 9.17) is 10.2 Å². The molecule has 4 atom stereocenters. The van der Waals surface area contributed by atoms with E-state index >= 15 is 0 Å². The molecule has 2 aromatic carbocycles. The highest BCUT2D eigenvalue weighted by Gasteiger charge is 2.27. The predicted octanol–water partition coefficient (Wildman–Crippen LogP) is 2.94. The van der Waals surface area contributed by atoms with E-state index < -0.39 is 24.0 Å². The number of benzene rings is 2. The van der Waals surface area contributed by atoms with E-state index in [1.807, 2.05) is 27.7 Å². The molecular formula is C34H46N4O8. The third-order valence-corrected chi connectivity index (χ3v) is 7.96. The Labute approximate surface area is 269 Å². The average Bonchev–Trinajstić information content (AvgIpc) is 3.03. The summed E-state index contributed by atoms with van der Waals surface area (Å²) in [6, 6.07) is 10.6. The molecule has 2 unspecified atom stereocenters. The van der Waals surface area contributed by atoms with E-state index in [2.05, 4.69) is 21.3 Å². The minimum Gasteiger partial charge on any atom is -0.478 e. The van der Waals surface area contributed by atoms with Crippen molar-refractivity contribution in [3.63, 3.8) is 0 Å². The van der Waals surface area contributed by atoms with Gasteiger partial charge in [-0.3, -0.25) is 19.2 Å². The van der Waals surface area contributed by atoms with E-state index in [-0.39, 0.29) is 59.4 Å². The first kappa shape index (κ1) is 37.4. The summed E-state index contributed by atoms with van der Waals surface area (Å²) in [5, 5.41) is 29.4. The van der Waals surface area contributed by atoms with Gasteiger partial charge in [0.15, 0.2) is 0 Å². The minimum atomic E-state index is -1.05. The van der Waals surface area contributed by atoms with Gasteiger partial charge in [0.05, 0.1) is 24.0 Å². The molecule has 0 fully saturated rings. The van der Waals surface area contributed by atoms with Crippen molar-refractivity contribution < 1.29 is 39.0 Å². The van der Waals surface area contributed by atoms with Crippen LogP contribution in [0.1, 0.15) is 85.2 Å². The second kappa shape index (κ2) is 18.9. The largest absolute Gasteiger partial charge is 0.478 e. The van der Waals surface area contributed by atoms with Gasteiger partial charge in [0, 0.05) is 13.1 Å². The lowest BCUT2D eigenvalue weighted by atomic mass is 9.97. The second-order valence-corrected chi connectivity index (χ2v) is 11.5. The molecule has 0 radical (unpaired) electrons. The van der Waals surface area contributed by atoms with Crippen LogP contribution in [0, 0.1) is 11.8 Å². The number of carbonyl (C=O) groups is 6. The van der Waals surface area contributed by atoms with Crippen LogP contribution in [0.2, 0.25) is 0 Å². The number of hydrogen-bond donors (Lipinski definition) is 6. The number of aromatic carboxylic acids is 2. The zero-order valence-electron chi connectivity index (χ0n) is 26.9. The molecular weight excluding hydrogens is 592 g/mol. The maximum absolute atomic E-state index is 12.9. The van der Waals surface area contributed by atoms with Gasteiger partial charge in [0.25, 0.3) is 0 Å². The summed E-state index contributed by atoms with van der Waals surface area (Å²) in [7, 11) is 0. The smallest absolute Gasteiger partial charge is 0.335 e. The molecule has 0 spiro atoms. The lowest BCUT2D eigenvalue weighted by molar-refractivity contribution is -0.130. The first-order chi connectivity index (χ1) is 21.9. The molecule has 2 aromatic rings. The van der Waals surface area contributed by atoms with Crippen LogP contribution in [0.3, 0.4) is 0 Å². The molecule has 4 amide bonds. The molecule has 46 heavy (non-hydrogen) atoms. The Morgan fingerprint density at radius 3 is 1.20 bits per heavy atom. The SMILES string of the molecule is CCC(C)[C@H](NC(=O)Cc1ccc(C(=O)O)cc1)C(=O)NCCCCNC(=O)[C@@H](NC(=O)Cc1ccc(C(=O)O)cc1)C(C)CC. The van der Waals surface area contributed by atoms with Gasteiger partial charge in [0.2, 0.25) is 23.6 Å². The molecule has 0 heterocycles. The quantitative estimate of drug-likeness (QED) is 0.127. The molecule has 2 rings (SSSR count). The van der Waals surface area contributed by atoms with Crippen LogP contribution >= 0.6 is 0 Å². The van der Waals surface area contributed by atoms with E-state index in [0.717, 1.165) is 0 Å². The van der Waals surface area contributed by atoms with Crippen molar-refractivity contribution in [2.24, 2.45) is 11.8 Å². The Morgan fingerprint density at radius 2 is 0.913 bits per heavy atom. The zero-order valence-corrected chi connectivity index (χ0v) is 26.9. The van der Waals surface area contributed by atoms with E-state index in [0.29, 0.717) is 49.9 Å². The lowest BCUT2D eigenvalue weighted by Crippen LogP contribution is -2.51. The van der Waals surface area contributed by atoms with Gasteiger partial charge in [-0.05, 0) is 60.1 Å². The Kier molecular flexibility index (Phi) is 15.4. The molecule has 0 saturated carbocycles. The average molecular weight is 639 g/mol. The summed E-state index contributed by atoms with van der Waals surface area (Å²) in [5.41, 5.74) is 1.52. The van der Waals surface area contributed by atoms with Gasteiger partial charge in [0.1, 0.15) is 12.1 Å². The fourth-order valence-corrected chi connectivity index (χ4v) is 4.65. The summed E-state index contributed by atoms with van der Waals surface area (Å²) < 4.78 is 0. The van der Waals surface area contributed by atoms with Crippen LogP contribution < -0.4 is 21.3 Å². The summed E-state index contributed by atoms with van der Waals surface area (Å²) in [4.78, 5) is 73.3. The van der Waals surface area contributed by atoms with Crippen LogP contribution in [0.15, 0.2) is 48.5 Å². The van der Waals surface area contributed by atoms with Crippen LogP contribution in [-0.2, 0) is 32.0 Å². The van der Waals surface area contributed by atoms with Crippen LogP contribution in [-0.4, -0.2) is 71.0 Å². The topological polar surface area (TPSA) is 191 Å². The Balaban J connectivity index is 1.79. The molecule has 0 aliphatic carbocycles. The van der Waals surface area contributed by atoms with Crippen LogP contribution in [0.5, 0.6) is 0 Å². The lowest BCUT2D eigenvalue weighted by Gasteiger charge is -2.24. The maximum atomic E-state index is 12.9. The number of carboxylic acid groups (broad SMARTS) is 2. The van der Waals surface area contributed by atoms with Crippen molar-refractivity contribution in [1.29, 1.82) is 0 Å². The number of unbranched alkanes of at least 4 members (excludes halogenated alkanes) is 1. The van der Waals surface area contributed by atoms with Crippen molar-refractivity contribution in [2.45, 2.75) is 78.3 Å². The minimum absolute atomic E-state index is 0.0117. The van der Waals surface area contributed by atoms with E-state index in [1.54, 1.807) is 24.3 Å². The number of hydrogen-bond acceptors (Lipinski definition) is 6. The van der Waals surface area contributed by atoms with Gasteiger partial charge in [-0.25, -0.2) is 9.59 Å². The first-order valence-electron chi connectivity index (χ1n) is 15.6. The summed E-state index contributed by atoms with van der Waals surface area (Å²) in [6.45, 7) is 8.31. The number of amides is 4. The third-order valence-electron chi connectivity index (χ3n) is 7.96. The van der Waals surface area contributed by atoms with Crippen molar-refractivity contribution in [3.8, 4) is 0 Å².